The van der Waals surface area contributed by atoms with Gasteiger partial charge in [-0.25, -0.2) is 4.79 Å². The number of carboxylic acid groups (broad SMARTS) is 1. The molecule has 0 aliphatic rings. The van der Waals surface area contributed by atoms with Crippen LogP contribution in [0.1, 0.15) is 15.9 Å². The van der Waals surface area contributed by atoms with E-state index in [1.165, 1.54) is 13.2 Å². The molecule has 0 radical (unpaired) electrons. The summed E-state index contributed by atoms with van der Waals surface area (Å²) in [4.78, 5) is 11.1. The molecule has 104 valence electrons. The number of carbonyl (C=O) groups is 1. The zero-order chi connectivity index (χ0) is 14.5. The van der Waals surface area contributed by atoms with Crippen molar-refractivity contribution in [3.8, 4) is 11.5 Å². The van der Waals surface area contributed by atoms with Gasteiger partial charge in [0.1, 0.15) is 6.61 Å². The van der Waals surface area contributed by atoms with Crippen molar-refractivity contribution in [1.82, 2.24) is 0 Å². The Morgan fingerprint density at radius 3 is 2.50 bits per heavy atom. The van der Waals surface area contributed by atoms with Gasteiger partial charge in [0.05, 0.1) is 12.7 Å². The third-order valence-corrected chi connectivity index (χ3v) is 3.38. The fraction of sp³-hybridized carbons (Fsp3) is 0.133. The summed E-state index contributed by atoms with van der Waals surface area (Å²) in [6, 6.07) is 12.7. The Hall–Kier alpha value is -2.01. The average molecular weight is 337 g/mol. The van der Waals surface area contributed by atoms with Crippen molar-refractivity contribution in [3.05, 3.63) is 58.1 Å². The lowest BCUT2D eigenvalue weighted by atomic mass is 10.2. The molecule has 20 heavy (non-hydrogen) atoms. The fourth-order valence-electron chi connectivity index (χ4n) is 1.71. The van der Waals surface area contributed by atoms with E-state index in [1.807, 2.05) is 30.3 Å². The lowest BCUT2D eigenvalue weighted by Crippen LogP contribution is -2.02. The number of aromatic carboxylic acids is 1. The Morgan fingerprint density at radius 1 is 1.20 bits per heavy atom. The van der Waals surface area contributed by atoms with Gasteiger partial charge >= 0.3 is 5.97 Å². The first kappa shape index (κ1) is 14.4. The summed E-state index contributed by atoms with van der Waals surface area (Å²) in [6.07, 6.45) is 0. The van der Waals surface area contributed by atoms with Gasteiger partial charge < -0.3 is 14.6 Å². The molecule has 0 heterocycles. The smallest absolute Gasteiger partial charge is 0.336 e. The molecule has 0 aliphatic heterocycles. The van der Waals surface area contributed by atoms with Crippen LogP contribution in [-0.2, 0) is 6.61 Å². The number of ether oxygens (including phenoxy) is 2. The van der Waals surface area contributed by atoms with Gasteiger partial charge in [-0.05, 0) is 33.6 Å². The minimum absolute atomic E-state index is 0.133. The molecule has 0 amide bonds. The first-order chi connectivity index (χ1) is 9.61. The van der Waals surface area contributed by atoms with Crippen LogP contribution in [0, 0.1) is 0 Å². The van der Waals surface area contributed by atoms with Gasteiger partial charge in [-0.1, -0.05) is 30.3 Å². The van der Waals surface area contributed by atoms with Crippen molar-refractivity contribution in [3.63, 3.8) is 0 Å². The summed E-state index contributed by atoms with van der Waals surface area (Å²) >= 11 is 3.22. The third-order valence-electron chi connectivity index (χ3n) is 2.72. The molecule has 0 aromatic heterocycles. The molecule has 5 heteroatoms. The third kappa shape index (κ3) is 3.30. The van der Waals surface area contributed by atoms with E-state index in [-0.39, 0.29) is 5.56 Å². The maximum Gasteiger partial charge on any atom is 0.336 e. The molecule has 0 fully saturated rings. The Morgan fingerprint density at radius 2 is 1.90 bits per heavy atom. The fourth-order valence-corrected chi connectivity index (χ4v) is 2.20. The van der Waals surface area contributed by atoms with Crippen molar-refractivity contribution in [1.29, 1.82) is 0 Å². The molecule has 0 spiro atoms. The van der Waals surface area contributed by atoms with Gasteiger partial charge in [0.25, 0.3) is 0 Å². The number of methoxy groups -OCH3 is 1. The van der Waals surface area contributed by atoms with Crippen molar-refractivity contribution >= 4 is 21.9 Å². The summed E-state index contributed by atoms with van der Waals surface area (Å²) in [6.45, 7) is 0.385. The topological polar surface area (TPSA) is 55.8 Å². The Kier molecular flexibility index (Phi) is 4.63. The molecule has 0 atom stereocenters. The van der Waals surface area contributed by atoms with Crippen LogP contribution >= 0.6 is 15.9 Å². The number of hydrogen-bond acceptors (Lipinski definition) is 3. The van der Waals surface area contributed by atoms with E-state index >= 15 is 0 Å². The predicted molar refractivity (Wildman–Crippen MR) is 78.4 cm³/mol. The Bertz CT molecular complexity index is 611. The summed E-state index contributed by atoms with van der Waals surface area (Å²) in [7, 11) is 1.48. The molecule has 0 saturated heterocycles. The second-order valence-electron chi connectivity index (χ2n) is 4.06. The molecule has 2 aromatic carbocycles. The zero-order valence-electron chi connectivity index (χ0n) is 10.8. The lowest BCUT2D eigenvalue weighted by Gasteiger charge is -2.12. The van der Waals surface area contributed by atoms with Gasteiger partial charge in [0, 0.05) is 4.47 Å². The largest absolute Gasteiger partial charge is 0.493 e. The van der Waals surface area contributed by atoms with Crippen LogP contribution in [0.3, 0.4) is 0 Å². The summed E-state index contributed by atoms with van der Waals surface area (Å²) in [5.74, 6) is -0.139. The van der Waals surface area contributed by atoms with E-state index < -0.39 is 5.97 Å². The highest BCUT2D eigenvalue weighted by Gasteiger charge is 2.15. The molecule has 4 nitrogen and oxygen atoms in total. The lowest BCUT2D eigenvalue weighted by molar-refractivity contribution is 0.0695. The number of hydrogen-bond donors (Lipinski definition) is 1. The molecule has 2 aromatic rings. The first-order valence-electron chi connectivity index (χ1n) is 5.89. The minimum Gasteiger partial charge on any atom is -0.493 e. The van der Waals surface area contributed by atoms with Crippen LogP contribution in [-0.4, -0.2) is 18.2 Å². The standard InChI is InChI=1S/C15H13BrO4/c1-19-13-7-11(15(17)18)12(16)8-14(13)20-9-10-5-3-2-4-6-10/h2-8H,9H2,1H3,(H,17,18). The number of rotatable bonds is 5. The molecule has 0 aliphatic carbocycles. The van der Waals surface area contributed by atoms with E-state index in [1.54, 1.807) is 6.07 Å². The Balaban J connectivity index is 2.23. The molecule has 1 N–H and O–H groups in total. The van der Waals surface area contributed by atoms with Crippen molar-refractivity contribution in [2.45, 2.75) is 6.61 Å². The second-order valence-corrected chi connectivity index (χ2v) is 4.92. The first-order valence-corrected chi connectivity index (χ1v) is 6.68. The van der Waals surface area contributed by atoms with E-state index in [4.69, 9.17) is 14.6 Å². The van der Waals surface area contributed by atoms with Crippen LogP contribution in [0.5, 0.6) is 11.5 Å². The quantitative estimate of drug-likeness (QED) is 0.903. The van der Waals surface area contributed by atoms with Gasteiger partial charge in [0.15, 0.2) is 11.5 Å². The number of benzene rings is 2. The maximum atomic E-state index is 11.1. The molecular weight excluding hydrogens is 324 g/mol. The SMILES string of the molecule is COc1cc(C(=O)O)c(Br)cc1OCc1ccccc1. The molecule has 0 unspecified atom stereocenters. The van der Waals surface area contributed by atoms with Crippen molar-refractivity contribution < 1.29 is 19.4 Å². The van der Waals surface area contributed by atoms with Crippen LogP contribution < -0.4 is 9.47 Å². The van der Waals surface area contributed by atoms with Gasteiger partial charge in [-0.3, -0.25) is 0 Å². The number of halogens is 1. The van der Waals surface area contributed by atoms with E-state index in [0.29, 0.717) is 22.6 Å². The summed E-state index contributed by atoms with van der Waals surface area (Å²) in [5, 5.41) is 9.06. The predicted octanol–water partition coefficient (Wildman–Crippen LogP) is 3.73. The average Bonchev–Trinajstić information content (AvgIpc) is 2.46. The summed E-state index contributed by atoms with van der Waals surface area (Å²) in [5.41, 5.74) is 1.15. The van der Waals surface area contributed by atoms with Gasteiger partial charge in [-0.15, -0.1) is 0 Å². The molecule has 2 rings (SSSR count). The van der Waals surface area contributed by atoms with Gasteiger partial charge in [0.2, 0.25) is 0 Å². The zero-order valence-corrected chi connectivity index (χ0v) is 12.4. The minimum atomic E-state index is -1.02. The van der Waals surface area contributed by atoms with Gasteiger partial charge in [-0.2, -0.15) is 0 Å². The monoisotopic (exact) mass is 336 g/mol. The van der Waals surface area contributed by atoms with Crippen LogP contribution in [0.25, 0.3) is 0 Å². The highest BCUT2D eigenvalue weighted by molar-refractivity contribution is 9.10. The van der Waals surface area contributed by atoms with E-state index in [0.717, 1.165) is 5.56 Å². The van der Waals surface area contributed by atoms with E-state index in [9.17, 15) is 4.79 Å². The Labute approximate surface area is 125 Å². The van der Waals surface area contributed by atoms with E-state index in [2.05, 4.69) is 15.9 Å². The van der Waals surface area contributed by atoms with Crippen molar-refractivity contribution in [2.24, 2.45) is 0 Å². The normalized spacial score (nSPS) is 10.1. The van der Waals surface area contributed by atoms with Crippen LogP contribution in [0.15, 0.2) is 46.9 Å². The van der Waals surface area contributed by atoms with Crippen LogP contribution in [0.2, 0.25) is 0 Å². The highest BCUT2D eigenvalue weighted by Crippen LogP contribution is 2.34. The highest BCUT2D eigenvalue weighted by atomic mass is 79.9. The molecular formula is C15H13BrO4. The molecule has 0 saturated carbocycles. The number of carboxylic acids is 1. The second kappa shape index (κ2) is 6.43. The maximum absolute atomic E-state index is 11.1. The van der Waals surface area contributed by atoms with Crippen molar-refractivity contribution in [2.75, 3.05) is 7.11 Å². The van der Waals surface area contributed by atoms with Crippen LogP contribution in [0.4, 0.5) is 0 Å². The molecule has 0 bridgehead atoms. The summed E-state index contributed by atoms with van der Waals surface area (Å²) < 4.78 is 11.3.